The Bertz CT molecular complexity index is 760. The Morgan fingerprint density at radius 3 is 2.39 bits per heavy atom. The summed E-state index contributed by atoms with van der Waals surface area (Å²) in [5.41, 5.74) is 0.305. The van der Waals surface area contributed by atoms with Crippen LogP contribution in [0.3, 0.4) is 0 Å². The molecule has 1 saturated carbocycles. The highest BCUT2D eigenvalue weighted by atomic mass is 19.4. The summed E-state index contributed by atoms with van der Waals surface area (Å²) in [5, 5.41) is 0. The second kappa shape index (κ2) is 6.97. The van der Waals surface area contributed by atoms with Crippen LogP contribution in [0.25, 0.3) is 0 Å². The van der Waals surface area contributed by atoms with Crippen LogP contribution in [0, 0.1) is 10.8 Å². The Hall–Kier alpha value is -2.25. The highest BCUT2D eigenvalue weighted by Gasteiger charge is 2.50. The van der Waals surface area contributed by atoms with E-state index in [1.807, 2.05) is 4.90 Å². The van der Waals surface area contributed by atoms with Crippen molar-refractivity contribution >= 4 is 11.9 Å². The molecule has 2 bridgehead atoms. The molecule has 0 aromatic heterocycles. The molecule has 28 heavy (non-hydrogen) atoms. The number of halogens is 3. The molecule has 154 valence electrons. The average molecular weight is 399 g/mol. The van der Waals surface area contributed by atoms with E-state index >= 15 is 0 Å². The molecule has 0 spiro atoms. The number of carbonyl (C=O) groups excluding carboxylic acids is 2. The largest absolute Gasteiger partial charge is 0.573 e. The van der Waals surface area contributed by atoms with Gasteiger partial charge >= 0.3 is 12.3 Å². The molecule has 1 aromatic rings. The second-order valence-electron chi connectivity index (χ2n) is 8.88. The molecular formula is C20H24F3NO4. The van der Waals surface area contributed by atoms with Gasteiger partial charge in [0, 0.05) is 12.6 Å². The Balaban J connectivity index is 1.56. The summed E-state index contributed by atoms with van der Waals surface area (Å²) in [6, 6.07) is 4.54. The highest BCUT2D eigenvalue weighted by molar-refractivity contribution is 5.91. The zero-order valence-electron chi connectivity index (χ0n) is 16.1. The van der Waals surface area contributed by atoms with Gasteiger partial charge in [-0.05, 0) is 54.4 Å². The number of alkyl halides is 3. The second-order valence-corrected chi connectivity index (χ2v) is 8.88. The molecule has 1 amide bonds. The predicted octanol–water partition coefficient (Wildman–Crippen LogP) is 4.17. The normalized spacial score (nSPS) is 26.1. The van der Waals surface area contributed by atoms with Crippen LogP contribution in [0.4, 0.5) is 13.2 Å². The molecular weight excluding hydrogens is 375 g/mol. The summed E-state index contributed by atoms with van der Waals surface area (Å²) < 4.78 is 45.3. The zero-order chi connectivity index (χ0) is 20.7. The topological polar surface area (TPSA) is 55.8 Å². The van der Waals surface area contributed by atoms with Crippen molar-refractivity contribution in [3.63, 3.8) is 0 Å². The summed E-state index contributed by atoms with van der Waals surface area (Å²) in [6.07, 6.45) is -1.88. The van der Waals surface area contributed by atoms with E-state index in [0.29, 0.717) is 6.54 Å². The number of rotatable bonds is 4. The van der Waals surface area contributed by atoms with Gasteiger partial charge in [0.2, 0.25) is 0 Å². The van der Waals surface area contributed by atoms with Crippen molar-refractivity contribution in [2.45, 2.75) is 52.4 Å². The van der Waals surface area contributed by atoms with Crippen molar-refractivity contribution in [1.82, 2.24) is 4.90 Å². The molecule has 8 heteroatoms. The number of ether oxygens (including phenoxy) is 2. The van der Waals surface area contributed by atoms with Gasteiger partial charge in [-0.2, -0.15) is 0 Å². The van der Waals surface area contributed by atoms with Crippen LogP contribution in [0.15, 0.2) is 24.3 Å². The number of fused-ring (bicyclic) bond motifs is 2. The standard InChI is InChI=1S/C20H24F3NO4/c1-18(2)8-14-9-19(3,11-18)12-24(14)16(25)10-27-17(26)13-4-6-15(7-5-13)28-20(21,22)23/h4-7,14H,8-12H2,1-3H3/t14-,19+/m1/s1. The van der Waals surface area contributed by atoms with Gasteiger partial charge in [0.15, 0.2) is 6.61 Å². The number of carbonyl (C=O) groups is 2. The number of amides is 1. The third kappa shape index (κ3) is 4.77. The third-order valence-electron chi connectivity index (χ3n) is 5.39. The van der Waals surface area contributed by atoms with Gasteiger partial charge in [-0.15, -0.1) is 13.2 Å². The van der Waals surface area contributed by atoms with E-state index < -0.39 is 18.1 Å². The van der Waals surface area contributed by atoms with Crippen molar-refractivity contribution in [1.29, 1.82) is 0 Å². The minimum Gasteiger partial charge on any atom is -0.452 e. The molecule has 2 atom stereocenters. The quantitative estimate of drug-likeness (QED) is 0.713. The Morgan fingerprint density at radius 1 is 1.14 bits per heavy atom. The molecule has 1 saturated heterocycles. The van der Waals surface area contributed by atoms with Crippen molar-refractivity contribution in [3.8, 4) is 5.75 Å². The van der Waals surface area contributed by atoms with Crippen LogP contribution in [-0.4, -0.2) is 42.3 Å². The molecule has 0 radical (unpaired) electrons. The minimum atomic E-state index is -4.80. The molecule has 2 fully saturated rings. The number of nitrogens with zero attached hydrogens (tertiary/aromatic N) is 1. The fourth-order valence-electron chi connectivity index (χ4n) is 4.84. The van der Waals surface area contributed by atoms with E-state index in [4.69, 9.17) is 4.74 Å². The van der Waals surface area contributed by atoms with Gasteiger partial charge in [-0.1, -0.05) is 20.8 Å². The van der Waals surface area contributed by atoms with E-state index in [-0.39, 0.29) is 34.9 Å². The lowest BCUT2D eigenvalue weighted by molar-refractivity contribution is -0.274. The van der Waals surface area contributed by atoms with Crippen LogP contribution in [0.5, 0.6) is 5.75 Å². The molecule has 0 N–H and O–H groups in total. The van der Waals surface area contributed by atoms with E-state index in [2.05, 4.69) is 25.5 Å². The molecule has 5 nitrogen and oxygen atoms in total. The maximum Gasteiger partial charge on any atom is 0.573 e. The fourth-order valence-corrected chi connectivity index (χ4v) is 4.84. The number of esters is 1. The Kier molecular flexibility index (Phi) is 5.10. The Morgan fingerprint density at radius 2 is 1.79 bits per heavy atom. The highest BCUT2D eigenvalue weighted by Crippen LogP contribution is 2.52. The first-order valence-corrected chi connectivity index (χ1v) is 9.18. The molecule has 1 aliphatic heterocycles. The number of benzene rings is 1. The summed E-state index contributed by atoms with van der Waals surface area (Å²) in [4.78, 5) is 26.5. The van der Waals surface area contributed by atoms with Gasteiger partial charge < -0.3 is 14.4 Å². The van der Waals surface area contributed by atoms with Gasteiger partial charge in [0.25, 0.3) is 5.91 Å². The smallest absolute Gasteiger partial charge is 0.452 e. The predicted molar refractivity (Wildman–Crippen MR) is 94.6 cm³/mol. The van der Waals surface area contributed by atoms with Crippen LogP contribution < -0.4 is 4.74 Å². The van der Waals surface area contributed by atoms with Crippen molar-refractivity contribution in [3.05, 3.63) is 29.8 Å². The minimum absolute atomic E-state index is 0.0515. The lowest BCUT2D eigenvalue weighted by Crippen LogP contribution is -2.39. The number of hydrogen-bond donors (Lipinski definition) is 0. The number of likely N-dealkylation sites (tertiary alicyclic amines) is 1. The van der Waals surface area contributed by atoms with E-state index in [1.165, 1.54) is 12.1 Å². The molecule has 2 aliphatic rings. The maximum atomic E-state index is 12.6. The monoisotopic (exact) mass is 399 g/mol. The molecule has 3 rings (SSSR count). The lowest BCUT2D eigenvalue weighted by atomic mass is 9.65. The molecule has 0 unspecified atom stereocenters. The van der Waals surface area contributed by atoms with E-state index in [1.54, 1.807) is 0 Å². The first-order valence-electron chi connectivity index (χ1n) is 9.18. The van der Waals surface area contributed by atoms with Gasteiger partial charge in [0.05, 0.1) is 5.56 Å². The molecule has 1 aliphatic carbocycles. The molecule has 1 aromatic carbocycles. The van der Waals surface area contributed by atoms with Crippen molar-refractivity contribution in [2.75, 3.05) is 13.2 Å². The average Bonchev–Trinajstić information content (AvgIpc) is 2.80. The summed E-state index contributed by atoms with van der Waals surface area (Å²) >= 11 is 0. The first-order chi connectivity index (χ1) is 12.9. The van der Waals surface area contributed by atoms with Crippen LogP contribution in [0.2, 0.25) is 0 Å². The van der Waals surface area contributed by atoms with Gasteiger partial charge in [0.1, 0.15) is 5.75 Å². The first kappa shape index (κ1) is 20.5. The van der Waals surface area contributed by atoms with Gasteiger partial charge in [-0.3, -0.25) is 4.79 Å². The maximum absolute atomic E-state index is 12.6. The summed E-state index contributed by atoms with van der Waals surface area (Å²) in [7, 11) is 0. The fraction of sp³-hybridized carbons (Fsp3) is 0.600. The zero-order valence-corrected chi connectivity index (χ0v) is 16.1. The Labute approximate surface area is 161 Å². The number of hydrogen-bond acceptors (Lipinski definition) is 4. The summed E-state index contributed by atoms with van der Waals surface area (Å²) in [6.45, 7) is 6.87. The third-order valence-corrected chi connectivity index (χ3v) is 5.39. The lowest BCUT2D eigenvalue weighted by Gasteiger charge is -2.39. The summed E-state index contributed by atoms with van der Waals surface area (Å²) in [5.74, 6) is -1.43. The van der Waals surface area contributed by atoms with Crippen LogP contribution in [-0.2, 0) is 9.53 Å². The van der Waals surface area contributed by atoms with Crippen molar-refractivity contribution < 1.29 is 32.2 Å². The van der Waals surface area contributed by atoms with E-state index in [9.17, 15) is 22.8 Å². The van der Waals surface area contributed by atoms with E-state index in [0.717, 1.165) is 31.4 Å². The van der Waals surface area contributed by atoms with Gasteiger partial charge in [-0.25, -0.2) is 4.79 Å². The van der Waals surface area contributed by atoms with Crippen LogP contribution in [0.1, 0.15) is 50.4 Å². The van der Waals surface area contributed by atoms with Crippen LogP contribution >= 0.6 is 0 Å². The SMILES string of the molecule is CC1(C)C[C@@H]2C[C@](C)(CN2C(=O)COC(=O)c2ccc(OC(F)(F)F)cc2)C1. The molecule has 1 heterocycles. The van der Waals surface area contributed by atoms with Crippen molar-refractivity contribution in [2.24, 2.45) is 10.8 Å².